The van der Waals surface area contributed by atoms with Crippen LogP contribution in [0, 0.1) is 10.1 Å². The number of imidazole rings is 1. The number of H-pyrrole nitrogens is 1. The van der Waals surface area contributed by atoms with Crippen LogP contribution in [0.2, 0.25) is 0 Å². The van der Waals surface area contributed by atoms with Crippen molar-refractivity contribution < 1.29 is 14.8 Å². The summed E-state index contributed by atoms with van der Waals surface area (Å²) in [6, 6.07) is 11.4. The Hall–Kier alpha value is -3.40. The van der Waals surface area contributed by atoms with Crippen LogP contribution >= 0.6 is 11.8 Å². The van der Waals surface area contributed by atoms with E-state index in [-0.39, 0.29) is 11.3 Å². The first-order valence-corrected chi connectivity index (χ1v) is 8.37. The van der Waals surface area contributed by atoms with Crippen molar-refractivity contribution in [3.05, 3.63) is 58.1 Å². The van der Waals surface area contributed by atoms with Crippen LogP contribution in [-0.2, 0) is 4.79 Å². The second-order valence-electron chi connectivity index (χ2n) is 5.09. The first-order valence-electron chi connectivity index (χ1n) is 7.38. The molecule has 0 atom stereocenters. The first kappa shape index (κ1) is 17.4. The SMILES string of the molecule is O=C(CSc1nc2ccccc2[nH]1)NN=Cc1cccc([N+](=O)[O-])c1[O-]. The number of nitrogens with zero attached hydrogens (tertiary/aromatic N) is 3. The summed E-state index contributed by atoms with van der Waals surface area (Å²) in [6.45, 7) is 0. The molecule has 2 N–H and O–H groups in total. The number of hydrazone groups is 1. The second-order valence-corrected chi connectivity index (χ2v) is 6.06. The van der Waals surface area contributed by atoms with Gasteiger partial charge >= 0.3 is 0 Å². The Kier molecular flexibility index (Phi) is 5.13. The highest BCUT2D eigenvalue weighted by atomic mass is 32.2. The zero-order chi connectivity index (χ0) is 18.5. The number of nitrogens with one attached hydrogen (secondary N) is 2. The van der Waals surface area contributed by atoms with E-state index >= 15 is 0 Å². The largest absolute Gasteiger partial charge is 0.867 e. The first-order chi connectivity index (χ1) is 12.5. The van der Waals surface area contributed by atoms with Gasteiger partial charge in [0, 0.05) is 6.07 Å². The molecule has 0 saturated carbocycles. The van der Waals surface area contributed by atoms with Gasteiger partial charge in [-0.1, -0.05) is 36.0 Å². The van der Waals surface area contributed by atoms with Gasteiger partial charge < -0.3 is 10.1 Å². The van der Waals surface area contributed by atoms with Gasteiger partial charge in [0.15, 0.2) is 5.16 Å². The van der Waals surface area contributed by atoms with Crippen LogP contribution in [0.5, 0.6) is 5.75 Å². The Labute approximate surface area is 151 Å². The summed E-state index contributed by atoms with van der Waals surface area (Å²) in [6.07, 6.45) is 1.08. The Morgan fingerprint density at radius 2 is 2.12 bits per heavy atom. The van der Waals surface area contributed by atoms with Crippen molar-refractivity contribution in [2.75, 3.05) is 5.75 Å². The molecule has 0 spiro atoms. The summed E-state index contributed by atoms with van der Waals surface area (Å²) >= 11 is 1.21. The topological polar surface area (TPSA) is 136 Å². The number of para-hydroxylation sites is 3. The Morgan fingerprint density at radius 1 is 1.31 bits per heavy atom. The number of hydrogen-bond donors (Lipinski definition) is 2. The van der Waals surface area contributed by atoms with Crippen LogP contribution in [0.15, 0.2) is 52.7 Å². The van der Waals surface area contributed by atoms with Gasteiger partial charge in [-0.3, -0.25) is 14.9 Å². The van der Waals surface area contributed by atoms with Gasteiger partial charge in [0.1, 0.15) is 0 Å². The third-order valence-corrected chi connectivity index (χ3v) is 4.20. The summed E-state index contributed by atoms with van der Waals surface area (Å²) in [7, 11) is 0. The van der Waals surface area contributed by atoms with Crippen LogP contribution in [0.4, 0.5) is 5.69 Å². The highest BCUT2D eigenvalue weighted by Crippen LogP contribution is 2.25. The molecule has 0 aliphatic carbocycles. The number of hydrogen-bond acceptors (Lipinski definition) is 7. The molecule has 0 unspecified atom stereocenters. The number of benzene rings is 2. The fourth-order valence-electron chi connectivity index (χ4n) is 2.13. The molecule has 0 aliphatic heterocycles. The number of rotatable bonds is 6. The smallest absolute Gasteiger partial charge is 0.262 e. The van der Waals surface area contributed by atoms with E-state index in [1.54, 1.807) is 0 Å². The number of nitro groups is 1. The van der Waals surface area contributed by atoms with E-state index in [0.29, 0.717) is 5.16 Å². The fourth-order valence-corrected chi connectivity index (χ4v) is 2.80. The number of aromatic nitrogens is 2. The van der Waals surface area contributed by atoms with Crippen LogP contribution in [-0.4, -0.2) is 32.8 Å². The number of carbonyl (C=O) groups is 1. The monoisotopic (exact) mass is 370 g/mol. The van der Waals surface area contributed by atoms with Gasteiger partial charge in [0.05, 0.1) is 27.9 Å². The second kappa shape index (κ2) is 7.66. The molecule has 0 bridgehead atoms. The lowest BCUT2D eigenvalue weighted by atomic mass is 10.2. The molecule has 2 aromatic carbocycles. The van der Waals surface area contributed by atoms with E-state index in [1.165, 1.54) is 23.9 Å². The van der Waals surface area contributed by atoms with E-state index in [9.17, 15) is 20.0 Å². The molecule has 26 heavy (non-hydrogen) atoms. The zero-order valence-corrected chi connectivity index (χ0v) is 14.0. The quantitative estimate of drug-likeness (QED) is 0.294. The predicted octanol–water partition coefficient (Wildman–Crippen LogP) is 1.79. The minimum absolute atomic E-state index is 0.0180. The maximum absolute atomic E-state index is 11.8. The predicted molar refractivity (Wildman–Crippen MR) is 95.1 cm³/mol. The molecule has 9 nitrogen and oxygen atoms in total. The zero-order valence-electron chi connectivity index (χ0n) is 13.2. The van der Waals surface area contributed by atoms with Crippen LogP contribution < -0.4 is 10.5 Å². The Bertz CT molecular complexity index is 968. The van der Waals surface area contributed by atoms with Crippen LogP contribution in [0.25, 0.3) is 11.0 Å². The van der Waals surface area contributed by atoms with E-state index in [0.717, 1.165) is 23.3 Å². The van der Waals surface area contributed by atoms with E-state index in [4.69, 9.17) is 0 Å². The third kappa shape index (κ3) is 3.98. The minimum atomic E-state index is -0.762. The lowest BCUT2D eigenvalue weighted by Gasteiger charge is -2.09. The molecule has 1 heterocycles. The van der Waals surface area contributed by atoms with Crippen molar-refractivity contribution >= 4 is 40.6 Å². The van der Waals surface area contributed by atoms with Crippen molar-refractivity contribution in [1.82, 2.24) is 15.4 Å². The molecule has 0 saturated heterocycles. The van der Waals surface area contributed by atoms with E-state index in [1.807, 2.05) is 24.3 Å². The maximum Gasteiger partial charge on any atom is 0.262 e. The van der Waals surface area contributed by atoms with Crippen molar-refractivity contribution in [2.45, 2.75) is 5.16 Å². The third-order valence-electron chi connectivity index (χ3n) is 3.32. The molecule has 0 aliphatic rings. The summed E-state index contributed by atoms with van der Waals surface area (Å²) < 4.78 is 0. The molecule has 3 rings (SSSR count). The highest BCUT2D eigenvalue weighted by molar-refractivity contribution is 7.99. The average Bonchev–Trinajstić information content (AvgIpc) is 3.04. The standard InChI is InChI=1S/C16H13N5O4S/c22-14(9-26-16-18-11-5-1-2-6-12(11)19-16)20-17-8-10-4-3-7-13(15(10)23)21(24)25/h1-8,23H,9H2,(H,18,19)(H,20,22)/p-1. The summed E-state index contributed by atoms with van der Waals surface area (Å²) in [5.74, 6) is -1.09. The van der Waals surface area contributed by atoms with Crippen molar-refractivity contribution in [3.63, 3.8) is 0 Å². The van der Waals surface area contributed by atoms with Gasteiger partial charge in [-0.05, 0) is 23.4 Å². The number of carbonyl (C=O) groups excluding carboxylic acids is 1. The number of aromatic amines is 1. The average molecular weight is 370 g/mol. The molecule has 10 heteroatoms. The van der Waals surface area contributed by atoms with Crippen LogP contribution in [0.1, 0.15) is 5.56 Å². The molecular formula is C16H12N5O4S-. The summed E-state index contributed by atoms with van der Waals surface area (Å²) in [5.41, 5.74) is 3.43. The number of nitro benzene ring substituents is 1. The van der Waals surface area contributed by atoms with Gasteiger partial charge in [0.2, 0.25) is 0 Å². The number of thioether (sulfide) groups is 1. The van der Waals surface area contributed by atoms with Crippen LogP contribution in [0.3, 0.4) is 0 Å². The van der Waals surface area contributed by atoms with Gasteiger partial charge in [0.25, 0.3) is 11.6 Å². The molecular weight excluding hydrogens is 358 g/mol. The Balaban J connectivity index is 1.56. The minimum Gasteiger partial charge on any atom is -0.867 e. The number of amides is 1. The van der Waals surface area contributed by atoms with Crippen molar-refractivity contribution in [1.29, 1.82) is 0 Å². The van der Waals surface area contributed by atoms with E-state index < -0.39 is 22.3 Å². The Morgan fingerprint density at radius 3 is 2.88 bits per heavy atom. The maximum atomic E-state index is 11.8. The highest BCUT2D eigenvalue weighted by Gasteiger charge is 2.09. The van der Waals surface area contributed by atoms with Gasteiger partial charge in [-0.2, -0.15) is 5.10 Å². The molecule has 0 radical (unpaired) electrons. The normalized spacial score (nSPS) is 11.1. The molecule has 132 valence electrons. The van der Waals surface area contributed by atoms with E-state index in [2.05, 4.69) is 20.5 Å². The van der Waals surface area contributed by atoms with Crippen molar-refractivity contribution in [2.24, 2.45) is 5.10 Å². The lowest BCUT2D eigenvalue weighted by Crippen LogP contribution is -2.19. The molecule has 0 fully saturated rings. The fraction of sp³-hybridized carbons (Fsp3) is 0.0625. The molecule has 1 aromatic heterocycles. The van der Waals surface area contributed by atoms with Gasteiger partial charge in [-0.15, -0.1) is 0 Å². The summed E-state index contributed by atoms with van der Waals surface area (Å²) in [5, 5.41) is 26.8. The molecule has 3 aromatic rings. The lowest BCUT2D eigenvalue weighted by molar-refractivity contribution is -0.398. The number of fused-ring (bicyclic) bond motifs is 1. The molecule has 1 amide bonds. The summed E-state index contributed by atoms with van der Waals surface area (Å²) in [4.78, 5) is 29.2. The van der Waals surface area contributed by atoms with Gasteiger partial charge in [-0.25, -0.2) is 10.4 Å². The van der Waals surface area contributed by atoms with Crippen molar-refractivity contribution in [3.8, 4) is 5.75 Å².